The van der Waals surface area contributed by atoms with Crippen molar-refractivity contribution in [1.29, 1.82) is 0 Å². The van der Waals surface area contributed by atoms with Crippen molar-refractivity contribution >= 4 is 11.6 Å². The first-order valence-corrected chi connectivity index (χ1v) is 11.8. The molecule has 1 aromatic heterocycles. The summed E-state index contributed by atoms with van der Waals surface area (Å²) in [6.45, 7) is -0.363. The molecule has 0 amide bonds. The molecule has 2 nitrogen and oxygen atoms in total. The highest BCUT2D eigenvalue weighted by atomic mass is 35.5. The fourth-order valence-electron chi connectivity index (χ4n) is 4.28. The summed E-state index contributed by atoms with van der Waals surface area (Å²) in [7, 11) is 0. The van der Waals surface area contributed by atoms with Crippen LogP contribution in [0.3, 0.4) is 0 Å². The van der Waals surface area contributed by atoms with Crippen LogP contribution in [0.25, 0.3) is 0 Å². The average molecular weight is 571 g/mol. The van der Waals surface area contributed by atoms with Gasteiger partial charge in [0.2, 0.25) is 0 Å². The standard InChI is InChI=1S/C28H19ClF8N2/c29-21-7-9-25(38-16-21)26(14-17-4-2-1-3-5-17,19-11-20(27(32,33)34)13-22(30)12-19)39-15-18-6-8-24(31)23(10-18)28(35,36)37/h1-13,16,39H,14-15H2/t26-/m1/s1. The predicted molar refractivity (Wildman–Crippen MR) is 130 cm³/mol. The molecule has 0 bridgehead atoms. The third-order valence-electron chi connectivity index (χ3n) is 6.13. The Kier molecular flexibility index (Phi) is 7.99. The van der Waals surface area contributed by atoms with Crippen molar-refractivity contribution in [2.45, 2.75) is 30.9 Å². The van der Waals surface area contributed by atoms with E-state index in [2.05, 4.69) is 10.3 Å². The summed E-state index contributed by atoms with van der Waals surface area (Å²) in [6.07, 6.45) is -8.68. The van der Waals surface area contributed by atoms with Crippen molar-refractivity contribution in [1.82, 2.24) is 10.3 Å². The molecule has 1 N–H and O–H groups in total. The topological polar surface area (TPSA) is 24.9 Å². The van der Waals surface area contributed by atoms with Crippen LogP contribution in [-0.2, 0) is 30.9 Å². The lowest BCUT2D eigenvalue weighted by Gasteiger charge is -2.36. The molecule has 3 aromatic carbocycles. The van der Waals surface area contributed by atoms with Gasteiger partial charge < -0.3 is 0 Å². The first-order chi connectivity index (χ1) is 18.3. The van der Waals surface area contributed by atoms with Gasteiger partial charge in [-0.1, -0.05) is 48.0 Å². The van der Waals surface area contributed by atoms with E-state index in [9.17, 15) is 35.1 Å². The highest BCUT2D eigenvalue weighted by Gasteiger charge is 2.40. The third kappa shape index (κ3) is 6.57. The van der Waals surface area contributed by atoms with Crippen LogP contribution in [0, 0.1) is 11.6 Å². The van der Waals surface area contributed by atoms with Gasteiger partial charge in [0.25, 0.3) is 0 Å². The second-order valence-electron chi connectivity index (χ2n) is 8.82. The minimum atomic E-state index is -4.97. The Morgan fingerprint density at radius 2 is 1.41 bits per heavy atom. The van der Waals surface area contributed by atoms with Gasteiger partial charge in [-0.3, -0.25) is 10.3 Å². The zero-order valence-corrected chi connectivity index (χ0v) is 20.6. The van der Waals surface area contributed by atoms with Gasteiger partial charge in [-0.05, 0) is 59.2 Å². The van der Waals surface area contributed by atoms with E-state index in [1.807, 2.05) is 0 Å². The zero-order chi connectivity index (χ0) is 28.4. The second kappa shape index (κ2) is 10.9. The monoisotopic (exact) mass is 570 g/mol. The number of alkyl halides is 6. The van der Waals surface area contributed by atoms with Gasteiger partial charge in [0, 0.05) is 19.2 Å². The van der Waals surface area contributed by atoms with Crippen molar-refractivity contribution in [3.8, 4) is 0 Å². The number of hydrogen-bond donors (Lipinski definition) is 1. The molecule has 0 unspecified atom stereocenters. The molecule has 0 fully saturated rings. The number of halogens is 9. The van der Waals surface area contributed by atoms with Gasteiger partial charge in [-0.2, -0.15) is 26.3 Å². The van der Waals surface area contributed by atoms with E-state index in [-0.39, 0.29) is 34.8 Å². The second-order valence-corrected chi connectivity index (χ2v) is 9.26. The van der Waals surface area contributed by atoms with E-state index in [0.717, 1.165) is 18.2 Å². The van der Waals surface area contributed by atoms with Crippen molar-refractivity contribution in [3.05, 3.63) is 135 Å². The summed E-state index contributed by atoms with van der Waals surface area (Å²) in [5.74, 6) is -2.64. The van der Waals surface area contributed by atoms with Crippen molar-refractivity contribution in [2.24, 2.45) is 0 Å². The molecule has 0 saturated heterocycles. The average Bonchev–Trinajstić information content (AvgIpc) is 2.87. The SMILES string of the molecule is Fc1cc(C(F)(F)F)cc([C@@](Cc2ccccc2)(NCc2ccc(F)c(C(F)(F)F)c2)c2ccc(Cl)cn2)c1. The first kappa shape index (κ1) is 28.5. The zero-order valence-electron chi connectivity index (χ0n) is 19.8. The van der Waals surface area contributed by atoms with E-state index in [0.29, 0.717) is 23.8 Å². The Bertz CT molecular complexity index is 1440. The molecule has 0 aliphatic carbocycles. The van der Waals surface area contributed by atoms with Crippen LogP contribution < -0.4 is 5.32 Å². The molecule has 1 heterocycles. The molecule has 0 aliphatic heterocycles. The Balaban J connectivity index is 1.92. The maximum atomic E-state index is 14.7. The van der Waals surface area contributed by atoms with Crippen LogP contribution in [0.2, 0.25) is 5.02 Å². The lowest BCUT2D eigenvalue weighted by atomic mass is 9.79. The Labute approximate surface area is 223 Å². The van der Waals surface area contributed by atoms with Crippen LogP contribution in [0.15, 0.2) is 85.1 Å². The van der Waals surface area contributed by atoms with Crippen LogP contribution in [-0.4, -0.2) is 4.98 Å². The summed E-state index contributed by atoms with van der Waals surface area (Å²) < 4.78 is 110. The fraction of sp³-hybridized carbons (Fsp3) is 0.179. The quantitative estimate of drug-likeness (QED) is 0.226. The van der Waals surface area contributed by atoms with Gasteiger partial charge in [0.15, 0.2) is 0 Å². The van der Waals surface area contributed by atoms with Crippen molar-refractivity contribution in [3.63, 3.8) is 0 Å². The van der Waals surface area contributed by atoms with E-state index in [4.69, 9.17) is 11.6 Å². The molecule has 39 heavy (non-hydrogen) atoms. The molecule has 0 radical (unpaired) electrons. The number of aromatic nitrogens is 1. The van der Waals surface area contributed by atoms with Gasteiger partial charge in [-0.15, -0.1) is 0 Å². The maximum Gasteiger partial charge on any atom is 0.419 e. The molecule has 1 atom stereocenters. The van der Waals surface area contributed by atoms with Gasteiger partial charge in [0.05, 0.1) is 27.4 Å². The molecule has 11 heteroatoms. The van der Waals surface area contributed by atoms with Gasteiger partial charge >= 0.3 is 12.4 Å². The summed E-state index contributed by atoms with van der Waals surface area (Å²) in [6, 6.07) is 15.8. The number of nitrogens with zero attached hydrogens (tertiary/aromatic N) is 1. The summed E-state index contributed by atoms with van der Waals surface area (Å²) in [5.41, 5.74) is -3.88. The van der Waals surface area contributed by atoms with E-state index in [1.165, 1.54) is 18.3 Å². The minimum Gasteiger partial charge on any atom is -0.298 e. The molecule has 0 aliphatic rings. The van der Waals surface area contributed by atoms with Crippen molar-refractivity contribution < 1.29 is 35.1 Å². The van der Waals surface area contributed by atoms with E-state index in [1.54, 1.807) is 30.3 Å². The molecular formula is C28H19ClF8N2. The van der Waals surface area contributed by atoms with Crippen LogP contribution in [0.5, 0.6) is 0 Å². The van der Waals surface area contributed by atoms with E-state index < -0.39 is 40.7 Å². The summed E-state index contributed by atoms with van der Waals surface area (Å²) in [4.78, 5) is 4.29. The smallest absolute Gasteiger partial charge is 0.298 e. The molecular weight excluding hydrogens is 552 g/mol. The largest absolute Gasteiger partial charge is 0.419 e. The third-order valence-corrected chi connectivity index (χ3v) is 6.35. The Morgan fingerprint density at radius 1 is 0.718 bits per heavy atom. The van der Waals surface area contributed by atoms with Crippen molar-refractivity contribution in [2.75, 3.05) is 0 Å². The predicted octanol–water partition coefficient (Wildman–Crippen LogP) is 8.33. The van der Waals surface area contributed by atoms with Gasteiger partial charge in [0.1, 0.15) is 11.6 Å². The lowest BCUT2D eigenvalue weighted by molar-refractivity contribution is -0.140. The van der Waals surface area contributed by atoms with E-state index >= 15 is 0 Å². The number of benzene rings is 3. The lowest BCUT2D eigenvalue weighted by Crippen LogP contribution is -2.46. The molecule has 0 spiro atoms. The first-order valence-electron chi connectivity index (χ1n) is 11.4. The number of rotatable bonds is 7. The summed E-state index contributed by atoms with van der Waals surface area (Å²) in [5, 5.41) is 3.24. The molecule has 4 aromatic rings. The molecule has 204 valence electrons. The highest BCUT2D eigenvalue weighted by molar-refractivity contribution is 6.30. The number of hydrogen-bond acceptors (Lipinski definition) is 2. The Hall–Kier alpha value is -3.50. The summed E-state index contributed by atoms with van der Waals surface area (Å²) >= 11 is 5.99. The number of nitrogens with one attached hydrogen (secondary N) is 1. The van der Waals surface area contributed by atoms with Crippen LogP contribution in [0.1, 0.15) is 33.5 Å². The molecule has 4 rings (SSSR count). The Morgan fingerprint density at radius 3 is 2.03 bits per heavy atom. The minimum absolute atomic E-state index is 0.0115. The number of pyridine rings is 1. The maximum absolute atomic E-state index is 14.7. The fourth-order valence-corrected chi connectivity index (χ4v) is 4.39. The van der Waals surface area contributed by atoms with Gasteiger partial charge in [-0.25, -0.2) is 8.78 Å². The molecule has 0 saturated carbocycles. The van der Waals surface area contributed by atoms with Crippen LogP contribution in [0.4, 0.5) is 35.1 Å². The normalized spacial score (nSPS) is 13.8. The highest BCUT2D eigenvalue weighted by Crippen LogP contribution is 2.38. The van der Waals surface area contributed by atoms with Crippen LogP contribution >= 0.6 is 11.6 Å².